The van der Waals surface area contributed by atoms with Crippen LogP contribution in [0.4, 0.5) is 0 Å². The van der Waals surface area contributed by atoms with E-state index in [1.165, 1.54) is 49.0 Å². The average Bonchev–Trinajstić information content (AvgIpc) is 3.66. The molecule has 0 atom stereocenters. The van der Waals surface area contributed by atoms with Crippen molar-refractivity contribution in [3.8, 4) is 22.3 Å². The molecule has 2 heteroatoms. The van der Waals surface area contributed by atoms with E-state index in [1.807, 2.05) is 12.1 Å². The third-order valence-corrected chi connectivity index (χ3v) is 9.27. The Morgan fingerprint density at radius 2 is 0.727 bits per heavy atom. The lowest BCUT2D eigenvalue weighted by atomic mass is 9.84. The number of hydrogen-bond acceptors (Lipinski definition) is 2. The van der Waals surface area contributed by atoms with E-state index in [2.05, 4.69) is 133 Å². The normalized spacial score (nSPS) is 12.1. The van der Waals surface area contributed by atoms with E-state index in [9.17, 15) is 0 Å². The lowest BCUT2D eigenvalue weighted by Crippen LogP contribution is -1.91. The van der Waals surface area contributed by atoms with Crippen molar-refractivity contribution in [1.29, 1.82) is 0 Å². The molecule has 0 bridgehead atoms. The van der Waals surface area contributed by atoms with Gasteiger partial charge in [0, 0.05) is 32.7 Å². The summed E-state index contributed by atoms with van der Waals surface area (Å²) >= 11 is 0. The molecule has 0 aliphatic heterocycles. The largest absolute Gasteiger partial charge is 0.452 e. The van der Waals surface area contributed by atoms with Crippen molar-refractivity contribution in [1.82, 2.24) is 0 Å². The van der Waals surface area contributed by atoms with Gasteiger partial charge in [-0.15, -0.1) is 0 Å². The smallest absolute Gasteiger partial charge is 0.178 e. The second-order valence-electron chi connectivity index (χ2n) is 11.6. The maximum atomic E-state index is 6.86. The predicted octanol–water partition coefficient (Wildman–Crippen LogP) is 12.3. The summed E-state index contributed by atoms with van der Waals surface area (Å²) in [6.07, 6.45) is 0. The molecule has 0 aliphatic rings. The van der Waals surface area contributed by atoms with Crippen LogP contribution >= 0.6 is 0 Å². The van der Waals surface area contributed by atoms with Gasteiger partial charge in [-0.2, -0.15) is 0 Å². The van der Waals surface area contributed by atoms with E-state index in [0.29, 0.717) is 0 Å². The van der Waals surface area contributed by atoms with Crippen LogP contribution in [0.2, 0.25) is 0 Å². The standard InChI is InChI=1S/C42H24O2/c1-2-13-26-25(11-1)12-9-19-28(26)38-29-15-3-5-17-31(29)39(32-18-6-4-16-30(32)38)36-21-10-20-33-35-24-23-34-27-14-7-8-22-37(27)43-41(34)42(35)44-40(33)36/h1-24H. The van der Waals surface area contributed by atoms with Gasteiger partial charge in [-0.1, -0.05) is 127 Å². The molecule has 44 heavy (non-hydrogen) atoms. The molecule has 0 amide bonds. The number of rotatable bonds is 2. The van der Waals surface area contributed by atoms with Crippen molar-refractivity contribution in [2.24, 2.45) is 0 Å². The molecule has 0 saturated carbocycles. The van der Waals surface area contributed by atoms with Crippen LogP contribution in [0.1, 0.15) is 0 Å². The van der Waals surface area contributed by atoms with Gasteiger partial charge in [0.25, 0.3) is 0 Å². The fourth-order valence-electron chi connectivity index (χ4n) is 7.39. The van der Waals surface area contributed by atoms with Crippen LogP contribution in [0.3, 0.4) is 0 Å². The Balaban J connectivity index is 1.35. The quantitative estimate of drug-likeness (QED) is 0.197. The molecule has 0 saturated heterocycles. The molecule has 0 N–H and O–H groups in total. The summed E-state index contributed by atoms with van der Waals surface area (Å²) in [6, 6.07) is 51.9. The van der Waals surface area contributed by atoms with Gasteiger partial charge in [-0.25, -0.2) is 0 Å². The minimum Gasteiger partial charge on any atom is -0.452 e. The molecule has 0 radical (unpaired) electrons. The predicted molar refractivity (Wildman–Crippen MR) is 184 cm³/mol. The number of fused-ring (bicyclic) bond motifs is 10. The van der Waals surface area contributed by atoms with Gasteiger partial charge in [-0.05, 0) is 61.6 Å². The van der Waals surface area contributed by atoms with Crippen LogP contribution in [0, 0.1) is 0 Å². The third kappa shape index (κ3) is 3.14. The number of para-hydroxylation sites is 2. The fourth-order valence-corrected chi connectivity index (χ4v) is 7.39. The van der Waals surface area contributed by atoms with Crippen molar-refractivity contribution < 1.29 is 8.83 Å². The van der Waals surface area contributed by atoms with Crippen molar-refractivity contribution in [3.63, 3.8) is 0 Å². The van der Waals surface area contributed by atoms with E-state index in [0.717, 1.165) is 49.4 Å². The topological polar surface area (TPSA) is 26.3 Å². The van der Waals surface area contributed by atoms with Gasteiger partial charge in [-0.3, -0.25) is 0 Å². The highest BCUT2D eigenvalue weighted by Gasteiger charge is 2.22. The summed E-state index contributed by atoms with van der Waals surface area (Å²) < 4.78 is 13.2. The summed E-state index contributed by atoms with van der Waals surface area (Å²) in [5.41, 5.74) is 8.12. The highest BCUT2D eigenvalue weighted by Crippen LogP contribution is 2.48. The molecule has 0 unspecified atom stereocenters. The first-order valence-corrected chi connectivity index (χ1v) is 15.0. The molecular formula is C42H24O2. The molecule has 0 spiro atoms. The number of benzene rings is 8. The Labute approximate surface area is 252 Å². The molecule has 0 aliphatic carbocycles. The molecule has 2 aromatic heterocycles. The maximum absolute atomic E-state index is 6.86. The summed E-state index contributed by atoms with van der Waals surface area (Å²) in [7, 11) is 0. The zero-order chi connectivity index (χ0) is 28.8. The molecule has 10 rings (SSSR count). The molecular weight excluding hydrogens is 536 g/mol. The van der Waals surface area contributed by atoms with Gasteiger partial charge in [0.1, 0.15) is 11.2 Å². The zero-order valence-electron chi connectivity index (χ0n) is 23.7. The van der Waals surface area contributed by atoms with E-state index in [1.54, 1.807) is 0 Å². The Morgan fingerprint density at radius 3 is 1.45 bits per heavy atom. The van der Waals surface area contributed by atoms with E-state index in [-0.39, 0.29) is 0 Å². The van der Waals surface area contributed by atoms with Gasteiger partial charge in [0.05, 0.1) is 0 Å². The van der Waals surface area contributed by atoms with Gasteiger partial charge in [0.15, 0.2) is 11.2 Å². The van der Waals surface area contributed by atoms with Crippen LogP contribution in [0.15, 0.2) is 154 Å². The first-order valence-electron chi connectivity index (χ1n) is 15.0. The summed E-state index contributed by atoms with van der Waals surface area (Å²) in [6.45, 7) is 0. The first kappa shape index (κ1) is 23.7. The molecule has 2 heterocycles. The van der Waals surface area contributed by atoms with Crippen molar-refractivity contribution in [3.05, 3.63) is 146 Å². The van der Waals surface area contributed by atoms with Crippen LogP contribution < -0.4 is 0 Å². The molecule has 10 aromatic rings. The van der Waals surface area contributed by atoms with Crippen LogP contribution in [-0.2, 0) is 0 Å². The lowest BCUT2D eigenvalue weighted by Gasteiger charge is -2.18. The summed E-state index contributed by atoms with van der Waals surface area (Å²) in [4.78, 5) is 0. The molecule has 2 nitrogen and oxygen atoms in total. The monoisotopic (exact) mass is 560 g/mol. The Morgan fingerprint density at radius 1 is 0.273 bits per heavy atom. The third-order valence-electron chi connectivity index (χ3n) is 9.27. The average molecular weight is 561 g/mol. The Bertz CT molecular complexity index is 2710. The van der Waals surface area contributed by atoms with Gasteiger partial charge < -0.3 is 8.83 Å². The highest BCUT2D eigenvalue weighted by molar-refractivity contribution is 6.27. The maximum Gasteiger partial charge on any atom is 0.178 e. The van der Waals surface area contributed by atoms with E-state index >= 15 is 0 Å². The summed E-state index contributed by atoms with van der Waals surface area (Å²) in [5.74, 6) is 0. The molecule has 204 valence electrons. The minimum absolute atomic E-state index is 0.794. The number of hydrogen-bond donors (Lipinski definition) is 0. The van der Waals surface area contributed by atoms with E-state index < -0.39 is 0 Å². The van der Waals surface area contributed by atoms with E-state index in [4.69, 9.17) is 8.83 Å². The number of furan rings is 2. The fraction of sp³-hybridized carbons (Fsp3) is 0. The molecule has 8 aromatic carbocycles. The minimum atomic E-state index is 0.794. The SMILES string of the molecule is c1ccc2c(-c3c4ccccc4c(-c4cccc5c4oc4c5ccc5c6ccccc6oc54)c4ccccc34)cccc2c1. The lowest BCUT2D eigenvalue weighted by molar-refractivity contribution is 0.634. The van der Waals surface area contributed by atoms with Crippen molar-refractivity contribution >= 4 is 76.2 Å². The Hall–Kier alpha value is -5.86. The highest BCUT2D eigenvalue weighted by atomic mass is 16.4. The van der Waals surface area contributed by atoms with Crippen molar-refractivity contribution in [2.75, 3.05) is 0 Å². The zero-order valence-corrected chi connectivity index (χ0v) is 23.7. The van der Waals surface area contributed by atoms with Crippen molar-refractivity contribution in [2.45, 2.75) is 0 Å². The van der Waals surface area contributed by atoms with Gasteiger partial charge >= 0.3 is 0 Å². The molecule has 0 fully saturated rings. The first-order chi connectivity index (χ1) is 21.8. The van der Waals surface area contributed by atoms with Gasteiger partial charge in [0.2, 0.25) is 0 Å². The second kappa shape index (κ2) is 8.82. The summed E-state index contributed by atoms with van der Waals surface area (Å²) in [5, 5.41) is 11.7. The van der Waals surface area contributed by atoms with Crippen LogP contribution in [0.5, 0.6) is 0 Å². The second-order valence-corrected chi connectivity index (χ2v) is 11.6. The Kier molecular flexibility index (Phi) is 4.75. The van der Waals surface area contributed by atoms with Crippen LogP contribution in [0.25, 0.3) is 98.4 Å². The van der Waals surface area contributed by atoms with Crippen LogP contribution in [-0.4, -0.2) is 0 Å².